The summed E-state index contributed by atoms with van der Waals surface area (Å²) in [7, 11) is -1.03. The molecule has 0 fully saturated rings. The highest BCUT2D eigenvalue weighted by Gasteiger charge is 2.15. The predicted octanol–water partition coefficient (Wildman–Crippen LogP) is 3.11. The summed E-state index contributed by atoms with van der Waals surface area (Å²) >= 11 is 1.43. The molecule has 2 aromatic heterocycles. The molecule has 1 atom stereocenters. The van der Waals surface area contributed by atoms with Crippen LogP contribution in [0.1, 0.15) is 23.2 Å². The number of fused-ring (bicyclic) bond motifs is 1. The fraction of sp³-hybridized carbons (Fsp3) is 0.333. The Kier molecular flexibility index (Phi) is 5.52. The minimum atomic E-state index is -1.03. The summed E-state index contributed by atoms with van der Waals surface area (Å²) in [6.07, 6.45) is 1.62. The van der Waals surface area contributed by atoms with Gasteiger partial charge in [-0.2, -0.15) is 0 Å². The fourth-order valence-electron chi connectivity index (χ4n) is 2.85. The van der Waals surface area contributed by atoms with Gasteiger partial charge in [-0.05, 0) is 38.1 Å². The lowest BCUT2D eigenvalue weighted by atomic mass is 10.2. The maximum atomic E-state index is 13.1. The molecule has 0 spiro atoms. The third-order valence-electron chi connectivity index (χ3n) is 4.13. The number of halogens is 1. The van der Waals surface area contributed by atoms with Gasteiger partial charge in [-0.15, -0.1) is 11.3 Å². The molecular weight excluding hydrogens is 373 g/mol. The van der Waals surface area contributed by atoms with Crippen LogP contribution in [0.5, 0.6) is 0 Å². The third kappa shape index (κ3) is 3.86. The molecule has 2 heterocycles. The van der Waals surface area contributed by atoms with Gasteiger partial charge in [-0.3, -0.25) is 13.4 Å². The molecule has 0 bridgehead atoms. The van der Waals surface area contributed by atoms with Gasteiger partial charge in [0.25, 0.3) is 5.56 Å². The Morgan fingerprint density at radius 1 is 1.31 bits per heavy atom. The van der Waals surface area contributed by atoms with E-state index in [0.29, 0.717) is 29.5 Å². The van der Waals surface area contributed by atoms with Gasteiger partial charge in [0.2, 0.25) is 0 Å². The fourth-order valence-corrected chi connectivity index (χ4v) is 4.68. The topological polar surface area (TPSA) is 54.7 Å². The third-order valence-corrected chi connectivity index (χ3v) is 5.81. The van der Waals surface area contributed by atoms with Crippen molar-refractivity contribution in [2.24, 2.45) is 0 Å². The van der Waals surface area contributed by atoms with Crippen molar-refractivity contribution in [1.29, 1.82) is 0 Å². The average Bonchev–Trinajstić information content (AvgIpc) is 2.89. The Balaban J connectivity index is 1.97. The average molecular weight is 394 g/mol. The van der Waals surface area contributed by atoms with Gasteiger partial charge in [0.05, 0.1) is 23.7 Å². The first-order valence-corrected chi connectivity index (χ1v) is 10.7. The summed E-state index contributed by atoms with van der Waals surface area (Å²) in [5.41, 5.74) is 2.14. The monoisotopic (exact) mass is 393 g/mol. The maximum Gasteiger partial charge on any atom is 0.259 e. The van der Waals surface area contributed by atoms with Crippen LogP contribution in [0.25, 0.3) is 4.96 Å². The van der Waals surface area contributed by atoms with Gasteiger partial charge in [0.1, 0.15) is 5.82 Å². The highest BCUT2D eigenvalue weighted by atomic mass is 32.2. The van der Waals surface area contributed by atoms with Crippen molar-refractivity contribution in [3.63, 3.8) is 0 Å². The highest BCUT2D eigenvalue weighted by Crippen LogP contribution is 2.22. The molecule has 0 saturated carbocycles. The molecule has 1 unspecified atom stereocenters. The minimum Gasteiger partial charge on any atom is -0.366 e. The van der Waals surface area contributed by atoms with E-state index in [1.54, 1.807) is 22.8 Å². The number of hydrogen-bond donors (Lipinski definition) is 0. The first kappa shape index (κ1) is 18.7. The maximum absolute atomic E-state index is 13.1. The van der Waals surface area contributed by atoms with Crippen LogP contribution in [-0.4, -0.2) is 26.4 Å². The molecule has 1 aromatic carbocycles. The predicted molar refractivity (Wildman–Crippen MR) is 105 cm³/mol. The molecule has 3 rings (SSSR count). The van der Waals surface area contributed by atoms with E-state index in [9.17, 15) is 13.4 Å². The Morgan fingerprint density at radius 2 is 2.00 bits per heavy atom. The second kappa shape index (κ2) is 7.67. The van der Waals surface area contributed by atoms with Gasteiger partial charge < -0.3 is 4.90 Å². The van der Waals surface area contributed by atoms with Crippen LogP contribution < -0.4 is 10.5 Å². The number of benzene rings is 1. The molecule has 0 radical (unpaired) electrons. The van der Waals surface area contributed by atoms with E-state index in [4.69, 9.17) is 0 Å². The van der Waals surface area contributed by atoms with E-state index in [0.717, 1.165) is 16.3 Å². The number of aromatic nitrogens is 2. The number of anilines is 1. The molecule has 0 aliphatic rings. The summed E-state index contributed by atoms with van der Waals surface area (Å²) < 4.78 is 26.3. The molecule has 0 aliphatic heterocycles. The van der Waals surface area contributed by atoms with Crippen LogP contribution in [0.4, 0.5) is 10.1 Å². The van der Waals surface area contributed by atoms with Crippen molar-refractivity contribution in [3.8, 4) is 0 Å². The van der Waals surface area contributed by atoms with Gasteiger partial charge in [0, 0.05) is 40.2 Å². The normalized spacial score (nSPS) is 12.5. The molecule has 8 heteroatoms. The van der Waals surface area contributed by atoms with Crippen molar-refractivity contribution in [2.75, 3.05) is 17.7 Å². The lowest BCUT2D eigenvalue weighted by molar-refractivity contribution is 0.627. The number of hydrogen-bond acceptors (Lipinski definition) is 5. The standard InChI is InChI=1S/C18H20FN3O2S2/c1-4-21(15-7-5-13(19)6-8-15)10-14-9-17(23)22-16(11-26(3)24)12(2)25-18(22)20-14/h5-9H,4,10-11H2,1-3H3. The summed E-state index contributed by atoms with van der Waals surface area (Å²) in [6.45, 7) is 5.08. The molecular formula is C18H20FN3O2S2. The van der Waals surface area contributed by atoms with Crippen molar-refractivity contribution >= 4 is 32.8 Å². The molecule has 26 heavy (non-hydrogen) atoms. The van der Waals surface area contributed by atoms with Gasteiger partial charge in [0.15, 0.2) is 4.96 Å². The molecule has 0 saturated heterocycles. The van der Waals surface area contributed by atoms with E-state index in [-0.39, 0.29) is 11.4 Å². The van der Waals surface area contributed by atoms with Crippen molar-refractivity contribution in [3.05, 3.63) is 62.8 Å². The second-order valence-corrected chi connectivity index (χ2v) is 8.63. The SMILES string of the molecule is CCN(Cc1cc(=O)n2c(CS(C)=O)c(C)sc2n1)c1ccc(F)cc1. The number of aryl methyl sites for hydroxylation is 1. The summed E-state index contributed by atoms with van der Waals surface area (Å²) in [5.74, 6) is 0.0566. The molecule has 5 nitrogen and oxygen atoms in total. The molecule has 0 aliphatic carbocycles. The Morgan fingerprint density at radius 3 is 2.62 bits per heavy atom. The largest absolute Gasteiger partial charge is 0.366 e. The van der Waals surface area contributed by atoms with Crippen LogP contribution in [-0.2, 0) is 23.1 Å². The molecule has 0 N–H and O–H groups in total. The molecule has 0 amide bonds. The lowest BCUT2D eigenvalue weighted by Gasteiger charge is -2.22. The van der Waals surface area contributed by atoms with E-state index in [1.807, 2.05) is 18.7 Å². The van der Waals surface area contributed by atoms with Crippen molar-refractivity contribution in [1.82, 2.24) is 9.38 Å². The van der Waals surface area contributed by atoms with Crippen LogP contribution in [0, 0.1) is 12.7 Å². The first-order valence-electron chi connectivity index (χ1n) is 8.20. The zero-order valence-electron chi connectivity index (χ0n) is 14.9. The van der Waals surface area contributed by atoms with E-state index < -0.39 is 10.8 Å². The van der Waals surface area contributed by atoms with E-state index in [2.05, 4.69) is 4.98 Å². The Labute approximate surface area is 157 Å². The number of thiazole rings is 1. The van der Waals surface area contributed by atoms with Crippen molar-refractivity contribution < 1.29 is 8.60 Å². The summed E-state index contributed by atoms with van der Waals surface area (Å²) in [5, 5.41) is 0. The van der Waals surface area contributed by atoms with Crippen LogP contribution >= 0.6 is 11.3 Å². The number of rotatable bonds is 6. The van der Waals surface area contributed by atoms with Gasteiger partial charge in [-0.1, -0.05) is 0 Å². The molecule has 3 aromatic rings. The first-order chi connectivity index (χ1) is 12.4. The van der Waals surface area contributed by atoms with E-state index in [1.165, 1.54) is 29.5 Å². The van der Waals surface area contributed by atoms with Crippen LogP contribution in [0.15, 0.2) is 35.1 Å². The number of nitrogens with zero attached hydrogens (tertiary/aromatic N) is 3. The Bertz CT molecular complexity index is 1010. The highest BCUT2D eigenvalue weighted by molar-refractivity contribution is 7.83. The van der Waals surface area contributed by atoms with Crippen LogP contribution in [0.2, 0.25) is 0 Å². The quantitative estimate of drug-likeness (QED) is 0.646. The zero-order valence-corrected chi connectivity index (χ0v) is 16.5. The lowest BCUT2D eigenvalue weighted by Crippen LogP contribution is -2.25. The Hall–Kier alpha value is -2.06. The molecule has 138 valence electrons. The van der Waals surface area contributed by atoms with Gasteiger partial charge in [-0.25, -0.2) is 9.37 Å². The van der Waals surface area contributed by atoms with Gasteiger partial charge >= 0.3 is 0 Å². The summed E-state index contributed by atoms with van der Waals surface area (Å²) in [4.78, 5) is 20.8. The van der Waals surface area contributed by atoms with Crippen LogP contribution in [0.3, 0.4) is 0 Å². The zero-order chi connectivity index (χ0) is 18.8. The van der Waals surface area contributed by atoms with E-state index >= 15 is 0 Å². The summed E-state index contributed by atoms with van der Waals surface area (Å²) in [6, 6.07) is 7.79. The smallest absolute Gasteiger partial charge is 0.259 e. The minimum absolute atomic E-state index is 0.162. The van der Waals surface area contributed by atoms with Crippen molar-refractivity contribution in [2.45, 2.75) is 26.1 Å². The second-order valence-electron chi connectivity index (χ2n) is 6.02.